The third-order valence-corrected chi connectivity index (χ3v) is 3.30. The lowest BCUT2D eigenvalue weighted by molar-refractivity contribution is -0.117. The van der Waals surface area contributed by atoms with Gasteiger partial charge in [0.25, 0.3) is 0 Å². The Morgan fingerprint density at radius 3 is 2.53 bits per heavy atom. The standard InChI is InChI=1S/C15H15ClN2O/c1-10(11-5-3-2-4-6-11)15(19)18-12-7-8-13(16)14(17)9-12/h2-10H,17H2,1H3,(H,18,19). The highest BCUT2D eigenvalue weighted by molar-refractivity contribution is 6.33. The average molecular weight is 275 g/mol. The summed E-state index contributed by atoms with van der Waals surface area (Å²) < 4.78 is 0. The van der Waals surface area contributed by atoms with Crippen LogP contribution in [0.5, 0.6) is 0 Å². The fourth-order valence-corrected chi connectivity index (χ4v) is 1.88. The van der Waals surface area contributed by atoms with Crippen molar-refractivity contribution in [1.29, 1.82) is 0 Å². The molecular formula is C15H15ClN2O. The Bertz CT molecular complexity index is 584. The Kier molecular flexibility index (Phi) is 4.07. The lowest BCUT2D eigenvalue weighted by atomic mass is 10.0. The first-order chi connectivity index (χ1) is 9.08. The number of carbonyl (C=O) groups is 1. The number of carbonyl (C=O) groups excluding carboxylic acids is 1. The number of nitrogens with one attached hydrogen (secondary N) is 1. The summed E-state index contributed by atoms with van der Waals surface area (Å²) in [6.45, 7) is 1.87. The molecule has 3 nitrogen and oxygen atoms in total. The largest absolute Gasteiger partial charge is 0.397 e. The molecule has 0 fully saturated rings. The molecule has 2 aromatic carbocycles. The third-order valence-electron chi connectivity index (χ3n) is 2.96. The zero-order valence-corrected chi connectivity index (χ0v) is 11.3. The lowest BCUT2D eigenvalue weighted by Crippen LogP contribution is -2.18. The molecular weight excluding hydrogens is 260 g/mol. The predicted octanol–water partition coefficient (Wildman–Crippen LogP) is 3.66. The first-order valence-corrected chi connectivity index (χ1v) is 6.36. The van der Waals surface area contributed by atoms with Crippen molar-refractivity contribution >= 4 is 28.9 Å². The molecule has 19 heavy (non-hydrogen) atoms. The average Bonchev–Trinajstić information content (AvgIpc) is 2.43. The number of hydrogen-bond donors (Lipinski definition) is 2. The molecule has 0 radical (unpaired) electrons. The minimum absolute atomic E-state index is 0.0760. The van der Waals surface area contributed by atoms with Crippen LogP contribution in [-0.4, -0.2) is 5.91 Å². The van der Waals surface area contributed by atoms with Crippen molar-refractivity contribution in [1.82, 2.24) is 0 Å². The van der Waals surface area contributed by atoms with Crippen LogP contribution in [0.25, 0.3) is 0 Å². The molecule has 0 saturated carbocycles. The second kappa shape index (κ2) is 5.76. The molecule has 0 aromatic heterocycles. The number of anilines is 2. The smallest absolute Gasteiger partial charge is 0.231 e. The van der Waals surface area contributed by atoms with Gasteiger partial charge in [0.1, 0.15) is 0 Å². The van der Waals surface area contributed by atoms with Crippen LogP contribution >= 0.6 is 11.6 Å². The molecule has 1 amide bonds. The summed E-state index contributed by atoms with van der Waals surface area (Å²) in [4.78, 5) is 12.1. The molecule has 1 unspecified atom stereocenters. The topological polar surface area (TPSA) is 55.1 Å². The second-order valence-electron chi connectivity index (χ2n) is 4.36. The van der Waals surface area contributed by atoms with E-state index in [1.54, 1.807) is 18.2 Å². The van der Waals surface area contributed by atoms with Crippen LogP contribution in [0.15, 0.2) is 48.5 Å². The molecule has 4 heteroatoms. The number of hydrogen-bond acceptors (Lipinski definition) is 2. The molecule has 3 N–H and O–H groups in total. The van der Waals surface area contributed by atoms with Gasteiger partial charge in [-0.05, 0) is 30.7 Å². The van der Waals surface area contributed by atoms with E-state index in [0.29, 0.717) is 16.4 Å². The number of rotatable bonds is 3. The Labute approximate surface area is 117 Å². The third kappa shape index (κ3) is 3.26. The van der Waals surface area contributed by atoms with E-state index in [1.807, 2.05) is 37.3 Å². The van der Waals surface area contributed by atoms with Crippen molar-refractivity contribution in [2.75, 3.05) is 11.1 Å². The Hall–Kier alpha value is -2.00. The van der Waals surface area contributed by atoms with E-state index in [9.17, 15) is 4.79 Å². The Morgan fingerprint density at radius 2 is 1.89 bits per heavy atom. The first-order valence-electron chi connectivity index (χ1n) is 5.99. The predicted molar refractivity (Wildman–Crippen MR) is 79.4 cm³/mol. The highest BCUT2D eigenvalue weighted by Gasteiger charge is 2.15. The number of halogens is 1. The van der Waals surface area contributed by atoms with Gasteiger partial charge in [-0.3, -0.25) is 4.79 Å². The molecule has 1 atom stereocenters. The zero-order chi connectivity index (χ0) is 13.8. The van der Waals surface area contributed by atoms with Gasteiger partial charge >= 0.3 is 0 Å². The minimum Gasteiger partial charge on any atom is -0.397 e. The quantitative estimate of drug-likeness (QED) is 0.839. The highest BCUT2D eigenvalue weighted by atomic mass is 35.5. The number of amides is 1. The summed E-state index contributed by atoms with van der Waals surface area (Å²) in [6, 6.07) is 14.7. The molecule has 0 aliphatic carbocycles. The van der Waals surface area contributed by atoms with Crippen LogP contribution in [0.3, 0.4) is 0 Å². The van der Waals surface area contributed by atoms with Crippen molar-refractivity contribution < 1.29 is 4.79 Å². The second-order valence-corrected chi connectivity index (χ2v) is 4.77. The van der Waals surface area contributed by atoms with Crippen molar-refractivity contribution in [3.05, 3.63) is 59.1 Å². The SMILES string of the molecule is CC(C(=O)Nc1ccc(Cl)c(N)c1)c1ccccc1. The van der Waals surface area contributed by atoms with Gasteiger partial charge in [-0.15, -0.1) is 0 Å². The minimum atomic E-state index is -0.224. The monoisotopic (exact) mass is 274 g/mol. The van der Waals surface area contributed by atoms with E-state index in [4.69, 9.17) is 17.3 Å². The van der Waals surface area contributed by atoms with Gasteiger partial charge in [0, 0.05) is 5.69 Å². The maximum atomic E-state index is 12.1. The molecule has 0 heterocycles. The van der Waals surface area contributed by atoms with Gasteiger partial charge in [0.05, 0.1) is 16.6 Å². The summed E-state index contributed by atoms with van der Waals surface area (Å²) in [5, 5.41) is 3.31. The molecule has 0 aliphatic heterocycles. The number of nitrogens with two attached hydrogens (primary N) is 1. The molecule has 0 aliphatic rings. The van der Waals surface area contributed by atoms with Crippen LogP contribution < -0.4 is 11.1 Å². The maximum absolute atomic E-state index is 12.1. The molecule has 98 valence electrons. The Balaban J connectivity index is 2.10. The summed E-state index contributed by atoms with van der Waals surface area (Å²) in [7, 11) is 0. The molecule has 2 rings (SSSR count). The van der Waals surface area contributed by atoms with Crippen LogP contribution in [0, 0.1) is 0 Å². The summed E-state index contributed by atoms with van der Waals surface area (Å²) in [5.41, 5.74) is 7.77. The van der Waals surface area contributed by atoms with E-state index in [2.05, 4.69) is 5.32 Å². The van der Waals surface area contributed by atoms with Gasteiger partial charge in [-0.25, -0.2) is 0 Å². The van der Waals surface area contributed by atoms with Crippen molar-refractivity contribution in [2.24, 2.45) is 0 Å². The van der Waals surface area contributed by atoms with Gasteiger partial charge in [-0.2, -0.15) is 0 Å². The van der Waals surface area contributed by atoms with E-state index in [0.717, 1.165) is 5.56 Å². The van der Waals surface area contributed by atoms with Crippen LogP contribution in [0.4, 0.5) is 11.4 Å². The van der Waals surface area contributed by atoms with Crippen LogP contribution in [0.1, 0.15) is 18.4 Å². The van der Waals surface area contributed by atoms with Crippen LogP contribution in [-0.2, 0) is 4.79 Å². The lowest BCUT2D eigenvalue weighted by Gasteiger charge is -2.13. The molecule has 0 saturated heterocycles. The molecule has 0 spiro atoms. The number of benzene rings is 2. The van der Waals surface area contributed by atoms with Gasteiger partial charge < -0.3 is 11.1 Å². The van der Waals surface area contributed by atoms with Crippen LogP contribution in [0.2, 0.25) is 5.02 Å². The summed E-state index contributed by atoms with van der Waals surface area (Å²) in [5.74, 6) is -0.300. The fourth-order valence-electron chi connectivity index (χ4n) is 1.77. The zero-order valence-electron chi connectivity index (χ0n) is 10.6. The molecule has 2 aromatic rings. The van der Waals surface area contributed by atoms with Crippen molar-refractivity contribution in [3.63, 3.8) is 0 Å². The maximum Gasteiger partial charge on any atom is 0.231 e. The van der Waals surface area contributed by atoms with Crippen molar-refractivity contribution in [2.45, 2.75) is 12.8 Å². The Morgan fingerprint density at radius 1 is 1.21 bits per heavy atom. The number of nitrogen functional groups attached to an aromatic ring is 1. The molecule has 0 bridgehead atoms. The van der Waals surface area contributed by atoms with E-state index >= 15 is 0 Å². The van der Waals surface area contributed by atoms with E-state index < -0.39 is 0 Å². The van der Waals surface area contributed by atoms with E-state index in [1.165, 1.54) is 0 Å². The highest BCUT2D eigenvalue weighted by Crippen LogP contribution is 2.23. The fraction of sp³-hybridized carbons (Fsp3) is 0.133. The van der Waals surface area contributed by atoms with Gasteiger partial charge in [0.2, 0.25) is 5.91 Å². The van der Waals surface area contributed by atoms with Crippen molar-refractivity contribution in [3.8, 4) is 0 Å². The van der Waals surface area contributed by atoms with Gasteiger partial charge in [-0.1, -0.05) is 41.9 Å². The normalized spacial score (nSPS) is 11.9. The van der Waals surface area contributed by atoms with E-state index in [-0.39, 0.29) is 11.8 Å². The summed E-state index contributed by atoms with van der Waals surface area (Å²) in [6.07, 6.45) is 0. The van der Waals surface area contributed by atoms with Gasteiger partial charge in [0.15, 0.2) is 0 Å². The summed E-state index contributed by atoms with van der Waals surface area (Å²) >= 11 is 5.84. The first kappa shape index (κ1) is 13.4.